The molecule has 1 fully saturated rings. The Bertz CT molecular complexity index is 293. The van der Waals surface area contributed by atoms with Crippen LogP contribution in [0.15, 0.2) is 0 Å². The molecule has 5 heteroatoms. The first-order valence-corrected chi connectivity index (χ1v) is 6.61. The minimum atomic E-state index is -0.195. The van der Waals surface area contributed by atoms with E-state index in [1.165, 1.54) is 7.11 Å². The van der Waals surface area contributed by atoms with Crippen molar-refractivity contribution in [3.05, 3.63) is 0 Å². The number of carbonyl (C=O) groups excluding carboxylic acids is 2. The predicted octanol–water partition coefficient (Wildman–Crippen LogP) is 0.638. The van der Waals surface area contributed by atoms with Crippen molar-refractivity contribution in [3.8, 4) is 0 Å². The average molecular weight is 257 g/mol. The van der Waals surface area contributed by atoms with Crippen LogP contribution < -0.4 is 0 Å². The number of ether oxygens (including phenoxy) is 1. The van der Waals surface area contributed by atoms with Crippen molar-refractivity contribution in [3.63, 3.8) is 0 Å². The molecule has 0 unspecified atom stereocenters. The molecule has 0 N–H and O–H groups in total. The van der Waals surface area contributed by atoms with Gasteiger partial charge in [-0.15, -0.1) is 0 Å². The number of esters is 1. The molecule has 0 spiro atoms. The number of hydrogen-bond donors (Lipinski definition) is 0. The highest BCUT2D eigenvalue weighted by Gasteiger charge is 2.26. The van der Waals surface area contributed by atoms with Crippen LogP contribution in [0.4, 0.5) is 0 Å². The first kappa shape index (κ1) is 15.0. The molecule has 18 heavy (non-hydrogen) atoms. The summed E-state index contributed by atoms with van der Waals surface area (Å²) in [6.07, 6.45) is 2.45. The fourth-order valence-corrected chi connectivity index (χ4v) is 2.06. The Labute approximate surface area is 109 Å². The van der Waals surface area contributed by atoms with Crippen LogP contribution in [0.2, 0.25) is 0 Å². The quantitative estimate of drug-likeness (QED) is 0.412. The van der Waals surface area contributed by atoms with Crippen molar-refractivity contribution in [2.45, 2.75) is 25.7 Å². The second kappa shape index (κ2) is 6.73. The first-order chi connectivity index (χ1) is 8.44. The molecule has 0 aromatic carbocycles. The third-order valence-electron chi connectivity index (χ3n) is 3.55. The van der Waals surface area contributed by atoms with E-state index >= 15 is 0 Å². The number of carbonyl (C=O) groups is 2. The van der Waals surface area contributed by atoms with E-state index in [1.807, 2.05) is 4.90 Å². The van der Waals surface area contributed by atoms with Crippen molar-refractivity contribution in [2.75, 3.05) is 47.4 Å². The van der Waals surface area contributed by atoms with Crippen molar-refractivity contribution in [1.82, 2.24) is 4.90 Å². The van der Waals surface area contributed by atoms with Gasteiger partial charge in [-0.3, -0.25) is 9.59 Å². The molecular formula is C13H25N2O3+. The molecule has 1 saturated heterocycles. The van der Waals surface area contributed by atoms with E-state index in [0.29, 0.717) is 12.8 Å². The molecule has 1 amide bonds. The summed E-state index contributed by atoms with van der Waals surface area (Å²) in [5.74, 6) is 0.0269. The molecule has 1 heterocycles. The maximum absolute atomic E-state index is 11.9. The molecule has 104 valence electrons. The molecule has 0 radical (unpaired) electrons. The van der Waals surface area contributed by atoms with Crippen LogP contribution in [-0.2, 0) is 14.3 Å². The summed E-state index contributed by atoms with van der Waals surface area (Å²) in [6.45, 7) is 3.74. The van der Waals surface area contributed by atoms with Crippen molar-refractivity contribution >= 4 is 11.9 Å². The summed E-state index contributed by atoms with van der Waals surface area (Å²) < 4.78 is 5.55. The molecule has 0 aromatic rings. The SMILES string of the molecule is COC(=O)CCCCC(=O)N1CC[N+](C)(C)CC1. The van der Waals surface area contributed by atoms with Gasteiger partial charge in [0.05, 0.1) is 47.4 Å². The maximum Gasteiger partial charge on any atom is 0.305 e. The fourth-order valence-electron chi connectivity index (χ4n) is 2.06. The molecule has 5 nitrogen and oxygen atoms in total. The van der Waals surface area contributed by atoms with E-state index in [0.717, 1.165) is 43.5 Å². The van der Waals surface area contributed by atoms with E-state index in [1.54, 1.807) is 0 Å². The molecule has 1 rings (SSSR count). The highest BCUT2D eigenvalue weighted by atomic mass is 16.5. The van der Waals surface area contributed by atoms with Gasteiger partial charge in [-0.1, -0.05) is 0 Å². The molecule has 0 aliphatic carbocycles. The number of likely N-dealkylation sites (N-methyl/N-ethyl adjacent to an activating group) is 1. The number of quaternary nitrogens is 1. The zero-order chi connectivity index (χ0) is 13.6. The summed E-state index contributed by atoms with van der Waals surface area (Å²) in [4.78, 5) is 24.8. The monoisotopic (exact) mass is 257 g/mol. The van der Waals surface area contributed by atoms with Crippen LogP contribution in [0.3, 0.4) is 0 Å². The van der Waals surface area contributed by atoms with Crippen molar-refractivity contribution < 1.29 is 18.8 Å². The molecular weight excluding hydrogens is 232 g/mol. The van der Waals surface area contributed by atoms with Gasteiger partial charge in [-0.25, -0.2) is 0 Å². The predicted molar refractivity (Wildman–Crippen MR) is 68.9 cm³/mol. The third kappa shape index (κ3) is 5.04. The van der Waals surface area contributed by atoms with Gasteiger partial charge in [0.15, 0.2) is 0 Å². The number of rotatable bonds is 5. The number of hydrogen-bond acceptors (Lipinski definition) is 3. The Morgan fingerprint density at radius 2 is 1.67 bits per heavy atom. The molecule has 1 aliphatic rings. The van der Waals surface area contributed by atoms with E-state index in [9.17, 15) is 9.59 Å². The molecule has 0 bridgehead atoms. The Morgan fingerprint density at radius 1 is 1.11 bits per heavy atom. The lowest BCUT2D eigenvalue weighted by Crippen LogP contribution is -2.56. The Kier molecular flexibility index (Phi) is 5.59. The van der Waals surface area contributed by atoms with E-state index in [4.69, 9.17) is 0 Å². The highest BCUT2D eigenvalue weighted by Crippen LogP contribution is 2.10. The Balaban J connectivity index is 2.16. The third-order valence-corrected chi connectivity index (χ3v) is 3.55. The summed E-state index contributed by atoms with van der Waals surface area (Å²) in [5, 5.41) is 0. The van der Waals surface area contributed by atoms with Crippen molar-refractivity contribution in [1.29, 1.82) is 0 Å². The molecule has 0 saturated carbocycles. The van der Waals surface area contributed by atoms with Gasteiger partial charge in [-0.2, -0.15) is 0 Å². The van der Waals surface area contributed by atoms with Gasteiger partial charge in [-0.05, 0) is 12.8 Å². The lowest BCUT2D eigenvalue weighted by molar-refractivity contribution is -0.894. The van der Waals surface area contributed by atoms with Crippen molar-refractivity contribution in [2.24, 2.45) is 0 Å². The van der Waals surface area contributed by atoms with Gasteiger partial charge >= 0.3 is 5.97 Å². The zero-order valence-corrected chi connectivity index (χ0v) is 11.8. The maximum atomic E-state index is 11.9. The number of unbranched alkanes of at least 4 members (excludes halogenated alkanes) is 1. The second-order valence-corrected chi connectivity index (χ2v) is 5.55. The van der Waals surface area contributed by atoms with Crippen LogP contribution in [0.1, 0.15) is 25.7 Å². The smallest absolute Gasteiger partial charge is 0.305 e. The molecule has 1 aliphatic heterocycles. The lowest BCUT2D eigenvalue weighted by Gasteiger charge is -2.39. The number of methoxy groups -OCH3 is 1. The average Bonchev–Trinajstić information content (AvgIpc) is 2.33. The molecule has 0 atom stereocenters. The van der Waals surface area contributed by atoms with Gasteiger partial charge in [0.1, 0.15) is 0 Å². The van der Waals surface area contributed by atoms with Crippen LogP contribution in [0, 0.1) is 0 Å². The topological polar surface area (TPSA) is 46.6 Å². The number of nitrogens with zero attached hydrogens (tertiary/aromatic N) is 2. The lowest BCUT2D eigenvalue weighted by atomic mass is 10.1. The Morgan fingerprint density at radius 3 is 2.22 bits per heavy atom. The summed E-state index contributed by atoms with van der Waals surface area (Å²) in [7, 11) is 5.78. The number of piperazine rings is 1. The largest absolute Gasteiger partial charge is 0.469 e. The van der Waals surface area contributed by atoms with E-state index < -0.39 is 0 Å². The van der Waals surface area contributed by atoms with Gasteiger partial charge in [0.25, 0.3) is 0 Å². The van der Waals surface area contributed by atoms with E-state index in [2.05, 4.69) is 18.8 Å². The standard InChI is InChI=1S/C13H25N2O3/c1-15(2)10-8-14(9-11-15)12(16)6-4-5-7-13(17)18-3/h4-11H2,1-3H3/q+1. The van der Waals surface area contributed by atoms with E-state index in [-0.39, 0.29) is 11.9 Å². The highest BCUT2D eigenvalue weighted by molar-refractivity contribution is 5.76. The normalized spacial score (nSPS) is 18.5. The fraction of sp³-hybridized carbons (Fsp3) is 0.846. The minimum absolute atomic E-state index is 0.195. The summed E-state index contributed by atoms with van der Waals surface area (Å²) in [5.41, 5.74) is 0. The Hall–Kier alpha value is -1.10. The zero-order valence-electron chi connectivity index (χ0n) is 11.8. The van der Waals surface area contributed by atoms with Crippen LogP contribution in [0.5, 0.6) is 0 Å². The summed E-state index contributed by atoms with van der Waals surface area (Å²) in [6, 6.07) is 0. The van der Waals surface area contributed by atoms with Gasteiger partial charge < -0.3 is 14.1 Å². The van der Waals surface area contributed by atoms with Gasteiger partial charge in [0, 0.05) is 12.8 Å². The summed E-state index contributed by atoms with van der Waals surface area (Å²) >= 11 is 0. The van der Waals surface area contributed by atoms with Crippen LogP contribution in [-0.4, -0.2) is 68.6 Å². The number of amides is 1. The van der Waals surface area contributed by atoms with Crippen LogP contribution in [0.25, 0.3) is 0 Å². The minimum Gasteiger partial charge on any atom is -0.469 e. The van der Waals surface area contributed by atoms with Crippen LogP contribution >= 0.6 is 0 Å². The first-order valence-electron chi connectivity index (χ1n) is 6.61. The van der Waals surface area contributed by atoms with Gasteiger partial charge in [0.2, 0.25) is 5.91 Å². The molecule has 0 aromatic heterocycles. The second-order valence-electron chi connectivity index (χ2n) is 5.55.